The molecule has 0 N–H and O–H groups in total. The van der Waals surface area contributed by atoms with Gasteiger partial charge < -0.3 is 19.3 Å². The van der Waals surface area contributed by atoms with Crippen LogP contribution in [0.4, 0.5) is 10.2 Å². The molecule has 2 aromatic carbocycles. The third-order valence-corrected chi connectivity index (χ3v) is 6.63. The van der Waals surface area contributed by atoms with Gasteiger partial charge >= 0.3 is 0 Å². The summed E-state index contributed by atoms with van der Waals surface area (Å²) in [7, 11) is 1.60. The third kappa shape index (κ3) is 4.62. The van der Waals surface area contributed by atoms with Gasteiger partial charge in [-0.2, -0.15) is 0 Å². The van der Waals surface area contributed by atoms with Crippen LogP contribution in [-0.4, -0.2) is 65.7 Å². The molecule has 0 saturated carbocycles. The van der Waals surface area contributed by atoms with Crippen molar-refractivity contribution >= 4 is 33.4 Å². The zero-order valence-electron chi connectivity index (χ0n) is 18.5. The molecule has 5 rings (SSSR count). The van der Waals surface area contributed by atoms with E-state index in [2.05, 4.69) is 14.9 Å². The van der Waals surface area contributed by atoms with Crippen molar-refractivity contribution in [2.75, 3.05) is 44.8 Å². The molecule has 2 aromatic heterocycles. The Morgan fingerprint density at radius 2 is 1.71 bits per heavy atom. The Balaban J connectivity index is 1.23. The molecule has 34 heavy (non-hydrogen) atoms. The number of carbonyl (C=O) groups is 1. The summed E-state index contributed by atoms with van der Waals surface area (Å²) in [6.45, 7) is 2.36. The van der Waals surface area contributed by atoms with Gasteiger partial charge in [0.15, 0.2) is 12.4 Å². The standard InChI is InChI=1S/C24H22FN5O3S/c1-32-18-6-8-19(9-7-18)33-14-20(31)29-10-12-30(13-11-29)22-21-24(27-15-26-22)34-23(28-21)16-2-4-17(25)5-3-16/h2-9,15H,10-14H2,1H3. The Hall–Kier alpha value is -3.79. The number of aromatic nitrogens is 3. The highest BCUT2D eigenvalue weighted by Gasteiger charge is 2.24. The minimum atomic E-state index is -0.285. The van der Waals surface area contributed by atoms with E-state index in [4.69, 9.17) is 14.5 Å². The van der Waals surface area contributed by atoms with Crippen molar-refractivity contribution in [3.05, 3.63) is 60.7 Å². The van der Waals surface area contributed by atoms with Gasteiger partial charge in [0.05, 0.1) is 7.11 Å². The predicted octanol–water partition coefficient (Wildman–Crippen LogP) is 3.63. The number of halogens is 1. The number of hydrogen-bond acceptors (Lipinski definition) is 8. The van der Waals surface area contributed by atoms with Crippen molar-refractivity contribution in [1.29, 1.82) is 0 Å². The number of anilines is 1. The maximum Gasteiger partial charge on any atom is 0.260 e. The second kappa shape index (κ2) is 9.60. The first kappa shape index (κ1) is 22.0. The Morgan fingerprint density at radius 1 is 1.00 bits per heavy atom. The molecule has 1 aliphatic heterocycles. The van der Waals surface area contributed by atoms with Gasteiger partial charge in [0.2, 0.25) is 0 Å². The minimum absolute atomic E-state index is 0.0167. The van der Waals surface area contributed by atoms with E-state index in [9.17, 15) is 9.18 Å². The van der Waals surface area contributed by atoms with Gasteiger partial charge in [0.25, 0.3) is 5.91 Å². The highest BCUT2D eigenvalue weighted by Crippen LogP contribution is 2.33. The molecule has 1 fully saturated rings. The number of rotatable bonds is 6. The Labute approximate surface area is 199 Å². The first-order chi connectivity index (χ1) is 16.6. The lowest BCUT2D eigenvalue weighted by Crippen LogP contribution is -2.50. The number of methoxy groups -OCH3 is 1. The lowest BCUT2D eigenvalue weighted by molar-refractivity contribution is -0.133. The number of piperazine rings is 1. The van der Waals surface area contributed by atoms with Crippen LogP contribution in [0.2, 0.25) is 0 Å². The Kier molecular flexibility index (Phi) is 6.22. The number of thiazole rings is 1. The van der Waals surface area contributed by atoms with Gasteiger partial charge in [-0.25, -0.2) is 19.3 Å². The molecular formula is C24H22FN5O3S. The Bertz CT molecular complexity index is 1290. The zero-order chi connectivity index (χ0) is 23.5. The van der Waals surface area contributed by atoms with Crippen LogP contribution in [0.15, 0.2) is 54.9 Å². The van der Waals surface area contributed by atoms with E-state index in [0.717, 1.165) is 32.5 Å². The topological polar surface area (TPSA) is 80.7 Å². The van der Waals surface area contributed by atoms with Gasteiger partial charge in [-0.05, 0) is 48.5 Å². The van der Waals surface area contributed by atoms with E-state index >= 15 is 0 Å². The maximum absolute atomic E-state index is 13.3. The Morgan fingerprint density at radius 3 is 2.41 bits per heavy atom. The number of hydrogen-bond donors (Lipinski definition) is 0. The number of carbonyl (C=O) groups excluding carboxylic acids is 1. The fraction of sp³-hybridized carbons (Fsp3) is 0.250. The molecule has 0 atom stereocenters. The van der Waals surface area contributed by atoms with Crippen molar-refractivity contribution in [2.45, 2.75) is 0 Å². The van der Waals surface area contributed by atoms with Crippen LogP contribution in [0, 0.1) is 5.82 Å². The van der Waals surface area contributed by atoms with Crippen LogP contribution >= 0.6 is 11.3 Å². The molecule has 0 radical (unpaired) electrons. The van der Waals surface area contributed by atoms with E-state index in [1.54, 1.807) is 48.4 Å². The second-order valence-corrected chi connectivity index (χ2v) is 8.69. The van der Waals surface area contributed by atoms with Gasteiger partial charge in [0, 0.05) is 31.7 Å². The molecule has 0 spiro atoms. The third-order valence-electron chi connectivity index (χ3n) is 5.62. The summed E-state index contributed by atoms with van der Waals surface area (Å²) in [5.74, 6) is 1.76. The van der Waals surface area contributed by atoms with Crippen LogP contribution in [-0.2, 0) is 4.79 Å². The molecule has 0 bridgehead atoms. The lowest BCUT2D eigenvalue weighted by atomic mass is 10.2. The summed E-state index contributed by atoms with van der Waals surface area (Å²) in [5.41, 5.74) is 1.55. The van der Waals surface area contributed by atoms with E-state index in [1.165, 1.54) is 29.8 Å². The summed E-state index contributed by atoms with van der Waals surface area (Å²) in [4.78, 5) is 30.9. The molecule has 1 saturated heterocycles. The van der Waals surface area contributed by atoms with Crippen molar-refractivity contribution in [3.8, 4) is 22.1 Å². The molecule has 10 heteroatoms. The van der Waals surface area contributed by atoms with Gasteiger partial charge in [0.1, 0.15) is 39.0 Å². The molecule has 1 aliphatic rings. The summed E-state index contributed by atoms with van der Waals surface area (Å²) in [6.07, 6.45) is 1.53. The van der Waals surface area contributed by atoms with Crippen molar-refractivity contribution < 1.29 is 18.7 Å². The van der Waals surface area contributed by atoms with E-state index in [-0.39, 0.29) is 18.3 Å². The average Bonchev–Trinajstić information content (AvgIpc) is 3.32. The summed E-state index contributed by atoms with van der Waals surface area (Å²) in [6, 6.07) is 13.4. The van der Waals surface area contributed by atoms with Crippen molar-refractivity contribution in [2.24, 2.45) is 0 Å². The summed E-state index contributed by atoms with van der Waals surface area (Å²) in [5, 5.41) is 0.765. The van der Waals surface area contributed by atoms with E-state index in [1.807, 2.05) is 0 Å². The lowest BCUT2D eigenvalue weighted by Gasteiger charge is -2.35. The van der Waals surface area contributed by atoms with E-state index < -0.39 is 0 Å². The highest BCUT2D eigenvalue weighted by atomic mass is 32.1. The first-order valence-corrected chi connectivity index (χ1v) is 11.6. The predicted molar refractivity (Wildman–Crippen MR) is 128 cm³/mol. The van der Waals surface area contributed by atoms with Crippen LogP contribution < -0.4 is 14.4 Å². The van der Waals surface area contributed by atoms with Crippen LogP contribution in [0.1, 0.15) is 0 Å². The number of benzene rings is 2. The van der Waals surface area contributed by atoms with Gasteiger partial charge in [-0.3, -0.25) is 4.79 Å². The average molecular weight is 480 g/mol. The minimum Gasteiger partial charge on any atom is -0.497 e. The van der Waals surface area contributed by atoms with Crippen molar-refractivity contribution in [3.63, 3.8) is 0 Å². The van der Waals surface area contributed by atoms with Crippen LogP contribution in [0.25, 0.3) is 20.9 Å². The molecule has 174 valence electrons. The SMILES string of the molecule is COc1ccc(OCC(=O)N2CCN(c3ncnc4sc(-c5ccc(F)cc5)nc34)CC2)cc1. The number of amides is 1. The fourth-order valence-corrected chi connectivity index (χ4v) is 4.67. The van der Waals surface area contributed by atoms with E-state index in [0.29, 0.717) is 31.9 Å². The summed E-state index contributed by atoms with van der Waals surface area (Å²) >= 11 is 1.45. The van der Waals surface area contributed by atoms with Gasteiger partial charge in [-0.15, -0.1) is 0 Å². The molecule has 0 unspecified atom stereocenters. The number of fused-ring (bicyclic) bond motifs is 1. The quantitative estimate of drug-likeness (QED) is 0.418. The van der Waals surface area contributed by atoms with Crippen LogP contribution in [0.3, 0.4) is 0 Å². The molecule has 0 aliphatic carbocycles. The highest BCUT2D eigenvalue weighted by molar-refractivity contribution is 7.21. The fourth-order valence-electron chi connectivity index (χ4n) is 3.77. The maximum atomic E-state index is 13.3. The first-order valence-electron chi connectivity index (χ1n) is 10.8. The second-order valence-electron chi connectivity index (χ2n) is 7.71. The molecular weight excluding hydrogens is 457 g/mol. The normalized spacial score (nSPS) is 13.8. The molecule has 1 amide bonds. The number of ether oxygens (including phenoxy) is 2. The number of nitrogens with zero attached hydrogens (tertiary/aromatic N) is 5. The smallest absolute Gasteiger partial charge is 0.260 e. The van der Waals surface area contributed by atoms with Crippen molar-refractivity contribution in [1.82, 2.24) is 19.9 Å². The molecule has 8 nitrogen and oxygen atoms in total. The van der Waals surface area contributed by atoms with Gasteiger partial charge in [-0.1, -0.05) is 11.3 Å². The zero-order valence-corrected chi connectivity index (χ0v) is 19.3. The summed E-state index contributed by atoms with van der Waals surface area (Å²) < 4.78 is 24.0. The molecule has 4 aromatic rings. The molecule has 3 heterocycles. The largest absolute Gasteiger partial charge is 0.497 e. The van der Waals surface area contributed by atoms with Crippen LogP contribution in [0.5, 0.6) is 11.5 Å². The monoisotopic (exact) mass is 479 g/mol.